The summed E-state index contributed by atoms with van der Waals surface area (Å²) in [6.07, 6.45) is 0.787. The van der Waals surface area contributed by atoms with Gasteiger partial charge in [-0.2, -0.15) is 0 Å². The second kappa shape index (κ2) is 6.58. The molecule has 124 valence electrons. The Bertz CT molecular complexity index is 599. The van der Waals surface area contributed by atoms with Gasteiger partial charge in [0, 0.05) is 32.6 Å². The predicted molar refractivity (Wildman–Crippen MR) is 87.5 cm³/mol. The van der Waals surface area contributed by atoms with Gasteiger partial charge in [0.05, 0.1) is 5.69 Å². The number of para-hydroxylation sites is 2. The standard InChI is InChI=1S/C17H23N3O3/c1-12-17(22)20(14-5-3-4-6-15(14)23-12)10-8-16(21)19(2)13-7-9-18-11-13/h3-6,12-13,18H,7-11H2,1-2H3. The maximum Gasteiger partial charge on any atom is 0.267 e. The molecule has 2 atom stereocenters. The number of benzene rings is 1. The predicted octanol–water partition coefficient (Wildman–Crippen LogP) is 1.01. The number of anilines is 1. The van der Waals surface area contributed by atoms with Crippen LogP contribution in [0.15, 0.2) is 24.3 Å². The van der Waals surface area contributed by atoms with Gasteiger partial charge in [0.1, 0.15) is 5.75 Å². The van der Waals surface area contributed by atoms with Crippen molar-refractivity contribution in [2.24, 2.45) is 0 Å². The fraction of sp³-hybridized carbons (Fsp3) is 0.529. The molecule has 2 unspecified atom stereocenters. The molecule has 6 nitrogen and oxygen atoms in total. The van der Waals surface area contributed by atoms with E-state index in [0.717, 1.165) is 25.2 Å². The Hall–Kier alpha value is -2.08. The molecule has 1 N–H and O–H groups in total. The lowest BCUT2D eigenvalue weighted by molar-refractivity contribution is -0.131. The van der Waals surface area contributed by atoms with Gasteiger partial charge in [-0.15, -0.1) is 0 Å². The Balaban J connectivity index is 1.67. The maximum atomic E-state index is 12.4. The number of rotatable bonds is 4. The molecule has 6 heteroatoms. The van der Waals surface area contributed by atoms with Crippen molar-refractivity contribution in [1.29, 1.82) is 0 Å². The van der Waals surface area contributed by atoms with E-state index < -0.39 is 6.10 Å². The van der Waals surface area contributed by atoms with Gasteiger partial charge in [-0.1, -0.05) is 12.1 Å². The van der Waals surface area contributed by atoms with Gasteiger partial charge in [-0.05, 0) is 32.0 Å². The minimum Gasteiger partial charge on any atom is -0.479 e. The van der Waals surface area contributed by atoms with Crippen molar-refractivity contribution < 1.29 is 14.3 Å². The first-order valence-corrected chi connectivity index (χ1v) is 8.11. The lowest BCUT2D eigenvalue weighted by Gasteiger charge is -2.33. The van der Waals surface area contributed by atoms with E-state index in [0.29, 0.717) is 18.7 Å². The maximum absolute atomic E-state index is 12.4. The Labute approximate surface area is 136 Å². The molecular weight excluding hydrogens is 294 g/mol. The van der Waals surface area contributed by atoms with Gasteiger partial charge < -0.3 is 19.9 Å². The van der Waals surface area contributed by atoms with Crippen LogP contribution in [0.4, 0.5) is 5.69 Å². The van der Waals surface area contributed by atoms with Crippen LogP contribution >= 0.6 is 0 Å². The molecule has 23 heavy (non-hydrogen) atoms. The summed E-state index contributed by atoms with van der Waals surface area (Å²) in [6.45, 7) is 3.92. The van der Waals surface area contributed by atoms with Crippen LogP contribution < -0.4 is 15.0 Å². The van der Waals surface area contributed by atoms with E-state index in [-0.39, 0.29) is 17.9 Å². The van der Waals surface area contributed by atoms with Crippen LogP contribution in [-0.4, -0.2) is 55.5 Å². The summed E-state index contributed by atoms with van der Waals surface area (Å²) in [4.78, 5) is 28.3. The first kappa shape index (κ1) is 15.8. The van der Waals surface area contributed by atoms with Gasteiger partial charge in [0.15, 0.2) is 6.10 Å². The van der Waals surface area contributed by atoms with Crippen molar-refractivity contribution in [3.05, 3.63) is 24.3 Å². The third kappa shape index (κ3) is 3.17. The van der Waals surface area contributed by atoms with Crippen LogP contribution in [-0.2, 0) is 9.59 Å². The molecule has 0 spiro atoms. The molecule has 2 aliphatic heterocycles. The molecule has 2 aliphatic rings. The highest BCUT2D eigenvalue weighted by molar-refractivity contribution is 6.00. The molecule has 3 rings (SSSR count). The normalized spacial score (nSPS) is 23.4. The van der Waals surface area contributed by atoms with Crippen LogP contribution in [0.3, 0.4) is 0 Å². The van der Waals surface area contributed by atoms with Crippen molar-refractivity contribution in [1.82, 2.24) is 10.2 Å². The third-order valence-electron chi connectivity index (χ3n) is 4.60. The molecule has 1 aromatic carbocycles. The van der Waals surface area contributed by atoms with Crippen molar-refractivity contribution in [3.63, 3.8) is 0 Å². The molecule has 2 heterocycles. The number of amides is 2. The van der Waals surface area contributed by atoms with Crippen LogP contribution in [0.1, 0.15) is 19.8 Å². The number of hydrogen-bond donors (Lipinski definition) is 1. The van der Waals surface area contributed by atoms with E-state index in [1.54, 1.807) is 16.7 Å². The molecule has 1 saturated heterocycles. The van der Waals surface area contributed by atoms with Gasteiger partial charge >= 0.3 is 0 Å². The average Bonchev–Trinajstić information content (AvgIpc) is 3.08. The number of nitrogens with zero attached hydrogens (tertiary/aromatic N) is 2. The second-order valence-corrected chi connectivity index (χ2v) is 6.12. The largest absolute Gasteiger partial charge is 0.479 e. The molecule has 0 saturated carbocycles. The lowest BCUT2D eigenvalue weighted by atomic mass is 10.1. The summed E-state index contributed by atoms with van der Waals surface area (Å²) in [5.74, 6) is 0.671. The Morgan fingerprint density at radius 2 is 2.22 bits per heavy atom. The number of hydrogen-bond acceptors (Lipinski definition) is 4. The first-order chi connectivity index (χ1) is 11.1. The zero-order chi connectivity index (χ0) is 16.4. The van der Waals surface area contributed by atoms with Gasteiger partial charge in [0.25, 0.3) is 5.91 Å². The zero-order valence-electron chi connectivity index (χ0n) is 13.6. The minimum absolute atomic E-state index is 0.0723. The number of nitrogens with one attached hydrogen (secondary N) is 1. The van der Waals surface area contributed by atoms with Gasteiger partial charge in [0.2, 0.25) is 5.91 Å². The highest BCUT2D eigenvalue weighted by Gasteiger charge is 2.32. The molecule has 0 aliphatic carbocycles. The second-order valence-electron chi connectivity index (χ2n) is 6.12. The van der Waals surface area contributed by atoms with Crippen molar-refractivity contribution in [3.8, 4) is 5.75 Å². The summed E-state index contributed by atoms with van der Waals surface area (Å²) < 4.78 is 5.62. The summed E-state index contributed by atoms with van der Waals surface area (Å²) in [5.41, 5.74) is 0.744. The summed E-state index contributed by atoms with van der Waals surface area (Å²) >= 11 is 0. The van der Waals surface area contributed by atoms with Crippen molar-refractivity contribution in [2.45, 2.75) is 31.9 Å². The minimum atomic E-state index is -0.517. The molecule has 1 fully saturated rings. The van der Waals surface area contributed by atoms with E-state index in [4.69, 9.17) is 4.74 Å². The van der Waals surface area contributed by atoms with Gasteiger partial charge in [-0.3, -0.25) is 9.59 Å². The summed E-state index contributed by atoms with van der Waals surface area (Å²) in [6, 6.07) is 7.72. The number of carbonyl (C=O) groups is 2. The summed E-state index contributed by atoms with van der Waals surface area (Å²) in [7, 11) is 1.84. The molecular formula is C17H23N3O3. The smallest absolute Gasteiger partial charge is 0.267 e. The Morgan fingerprint density at radius 1 is 1.43 bits per heavy atom. The van der Waals surface area contributed by atoms with E-state index in [1.807, 2.05) is 31.3 Å². The number of likely N-dealkylation sites (N-methyl/N-ethyl adjacent to an activating group) is 1. The molecule has 0 radical (unpaired) electrons. The fourth-order valence-corrected chi connectivity index (χ4v) is 3.15. The SMILES string of the molecule is CC1Oc2ccccc2N(CCC(=O)N(C)C2CCNC2)C1=O. The van der Waals surface area contributed by atoms with Gasteiger partial charge in [-0.25, -0.2) is 0 Å². The third-order valence-corrected chi connectivity index (χ3v) is 4.60. The molecule has 0 aromatic heterocycles. The highest BCUT2D eigenvalue weighted by Crippen LogP contribution is 2.33. The highest BCUT2D eigenvalue weighted by atomic mass is 16.5. The van der Waals surface area contributed by atoms with Crippen molar-refractivity contribution >= 4 is 17.5 Å². The number of carbonyl (C=O) groups excluding carboxylic acids is 2. The Morgan fingerprint density at radius 3 is 2.96 bits per heavy atom. The van der Waals surface area contributed by atoms with Crippen LogP contribution in [0, 0.1) is 0 Å². The quantitative estimate of drug-likeness (QED) is 0.900. The van der Waals surface area contributed by atoms with E-state index in [2.05, 4.69) is 5.32 Å². The lowest BCUT2D eigenvalue weighted by Crippen LogP contribution is -2.46. The molecule has 2 amide bonds. The Kier molecular flexibility index (Phi) is 4.52. The summed E-state index contributed by atoms with van der Waals surface area (Å²) in [5, 5.41) is 3.26. The molecule has 1 aromatic rings. The monoisotopic (exact) mass is 317 g/mol. The fourth-order valence-electron chi connectivity index (χ4n) is 3.15. The van der Waals surface area contributed by atoms with Crippen molar-refractivity contribution in [2.75, 3.05) is 31.6 Å². The first-order valence-electron chi connectivity index (χ1n) is 8.11. The topological polar surface area (TPSA) is 61.9 Å². The van der Waals surface area contributed by atoms with E-state index >= 15 is 0 Å². The average molecular weight is 317 g/mol. The van der Waals surface area contributed by atoms with Crippen LogP contribution in [0.2, 0.25) is 0 Å². The van der Waals surface area contributed by atoms with Crippen LogP contribution in [0.5, 0.6) is 5.75 Å². The van der Waals surface area contributed by atoms with E-state index in [1.165, 1.54) is 0 Å². The van der Waals surface area contributed by atoms with E-state index in [9.17, 15) is 9.59 Å². The number of ether oxygens (including phenoxy) is 1. The number of fused-ring (bicyclic) bond motifs is 1. The zero-order valence-corrected chi connectivity index (χ0v) is 13.6. The van der Waals surface area contributed by atoms with Crippen LogP contribution in [0.25, 0.3) is 0 Å². The molecule has 0 bridgehead atoms.